The highest BCUT2D eigenvalue weighted by Gasteiger charge is 2.32. The number of hydrogen-bond donors (Lipinski definition) is 2. The van der Waals surface area contributed by atoms with Crippen LogP contribution in [0.2, 0.25) is 0 Å². The number of amides is 3. The van der Waals surface area contributed by atoms with E-state index in [1.165, 1.54) is 23.4 Å². The van der Waals surface area contributed by atoms with Gasteiger partial charge in [-0.05, 0) is 48.9 Å². The summed E-state index contributed by atoms with van der Waals surface area (Å²) in [5.74, 6) is -0.270. The van der Waals surface area contributed by atoms with Gasteiger partial charge in [0, 0.05) is 44.4 Å². The maximum Gasteiger partial charge on any atom is 0.265 e. The molecule has 34 heavy (non-hydrogen) atoms. The van der Waals surface area contributed by atoms with Gasteiger partial charge >= 0.3 is 0 Å². The van der Waals surface area contributed by atoms with Crippen molar-refractivity contribution in [3.8, 4) is 5.75 Å². The van der Waals surface area contributed by atoms with Crippen molar-refractivity contribution in [2.24, 2.45) is 0 Å². The highest BCUT2D eigenvalue weighted by atomic mass is 32.2. The molecule has 0 saturated carbocycles. The Kier molecular flexibility index (Phi) is 6.58. The van der Waals surface area contributed by atoms with E-state index in [9.17, 15) is 22.8 Å². The van der Waals surface area contributed by atoms with Gasteiger partial charge in [0.05, 0.1) is 10.6 Å². The number of benzene rings is 2. The van der Waals surface area contributed by atoms with E-state index in [-0.39, 0.29) is 48.8 Å². The molecule has 2 aromatic rings. The monoisotopic (exact) mass is 486 g/mol. The zero-order chi connectivity index (χ0) is 24.5. The predicted molar refractivity (Wildman–Crippen MR) is 125 cm³/mol. The number of carbonyl (C=O) groups is 3. The molecule has 2 N–H and O–H groups in total. The fraction of sp³-hybridized carbons (Fsp3) is 0.348. The first-order valence-corrected chi connectivity index (χ1v) is 12.4. The SMILES string of the molecule is CCC1Oc2ccc(S(=O)(=O)N3CCN(C(=O)c4ccc(NC(C)=O)cc4)CC3)cc2NC1=O. The Morgan fingerprint density at radius 2 is 1.76 bits per heavy atom. The van der Waals surface area contributed by atoms with Crippen LogP contribution in [-0.4, -0.2) is 67.6 Å². The summed E-state index contributed by atoms with van der Waals surface area (Å²) in [6.07, 6.45) is -0.0875. The van der Waals surface area contributed by atoms with Crippen molar-refractivity contribution in [3.63, 3.8) is 0 Å². The van der Waals surface area contributed by atoms with Crippen LogP contribution in [0.25, 0.3) is 0 Å². The Bertz CT molecular complexity index is 1220. The van der Waals surface area contributed by atoms with E-state index in [2.05, 4.69) is 10.6 Å². The Balaban J connectivity index is 1.42. The number of sulfonamides is 1. The van der Waals surface area contributed by atoms with Gasteiger partial charge in [-0.3, -0.25) is 14.4 Å². The first-order valence-electron chi connectivity index (χ1n) is 11.0. The molecule has 1 atom stereocenters. The number of hydrogen-bond acceptors (Lipinski definition) is 6. The average Bonchev–Trinajstić information content (AvgIpc) is 2.83. The van der Waals surface area contributed by atoms with E-state index in [0.29, 0.717) is 29.1 Å². The van der Waals surface area contributed by atoms with Crippen molar-refractivity contribution >= 4 is 39.1 Å². The lowest BCUT2D eigenvalue weighted by molar-refractivity contribution is -0.123. The lowest BCUT2D eigenvalue weighted by Crippen LogP contribution is -2.50. The quantitative estimate of drug-likeness (QED) is 0.665. The van der Waals surface area contributed by atoms with Gasteiger partial charge in [0.1, 0.15) is 5.75 Å². The molecule has 2 heterocycles. The van der Waals surface area contributed by atoms with E-state index >= 15 is 0 Å². The topological polar surface area (TPSA) is 125 Å². The fourth-order valence-electron chi connectivity index (χ4n) is 3.92. The zero-order valence-electron chi connectivity index (χ0n) is 18.9. The van der Waals surface area contributed by atoms with E-state index in [0.717, 1.165) is 0 Å². The van der Waals surface area contributed by atoms with Crippen LogP contribution in [0.1, 0.15) is 30.6 Å². The standard InChI is InChI=1S/C23H26N4O6S/c1-3-20-22(29)25-19-14-18(8-9-21(19)33-20)34(31,32)27-12-10-26(11-13-27)23(30)16-4-6-17(7-5-16)24-15(2)28/h4-9,14,20H,3,10-13H2,1-2H3,(H,24,28)(H,25,29). The minimum atomic E-state index is -3.81. The largest absolute Gasteiger partial charge is 0.478 e. The maximum atomic E-state index is 13.2. The molecule has 0 aromatic heterocycles. The lowest BCUT2D eigenvalue weighted by Gasteiger charge is -2.34. The number of fused-ring (bicyclic) bond motifs is 1. The van der Waals surface area contributed by atoms with Crippen molar-refractivity contribution in [2.75, 3.05) is 36.8 Å². The van der Waals surface area contributed by atoms with Gasteiger partial charge in [0.2, 0.25) is 15.9 Å². The number of rotatable bonds is 5. The van der Waals surface area contributed by atoms with Gasteiger partial charge in [-0.15, -0.1) is 0 Å². The summed E-state index contributed by atoms with van der Waals surface area (Å²) in [5, 5.41) is 5.35. The molecule has 2 aromatic carbocycles. The van der Waals surface area contributed by atoms with E-state index in [4.69, 9.17) is 4.74 Å². The molecular formula is C23H26N4O6S. The molecule has 0 bridgehead atoms. The second-order valence-electron chi connectivity index (χ2n) is 8.12. The summed E-state index contributed by atoms with van der Waals surface area (Å²) in [6, 6.07) is 11.0. The molecule has 1 saturated heterocycles. The predicted octanol–water partition coefficient (Wildman–Crippen LogP) is 1.90. The Labute approximate surface area is 197 Å². The fourth-order valence-corrected chi connectivity index (χ4v) is 5.37. The zero-order valence-corrected chi connectivity index (χ0v) is 19.7. The molecule has 0 spiro atoms. The average molecular weight is 487 g/mol. The van der Waals surface area contributed by atoms with Gasteiger partial charge in [0.25, 0.3) is 11.8 Å². The van der Waals surface area contributed by atoms with Crippen LogP contribution in [0.5, 0.6) is 5.75 Å². The lowest BCUT2D eigenvalue weighted by atomic mass is 10.1. The van der Waals surface area contributed by atoms with Crippen molar-refractivity contribution in [3.05, 3.63) is 48.0 Å². The van der Waals surface area contributed by atoms with Crippen molar-refractivity contribution in [1.29, 1.82) is 0 Å². The van der Waals surface area contributed by atoms with Crippen molar-refractivity contribution < 1.29 is 27.5 Å². The molecule has 0 aliphatic carbocycles. The Hall–Kier alpha value is -3.44. The maximum absolute atomic E-state index is 13.2. The molecule has 1 fully saturated rings. The number of ether oxygens (including phenoxy) is 1. The number of carbonyl (C=O) groups excluding carboxylic acids is 3. The van der Waals surface area contributed by atoms with Crippen LogP contribution < -0.4 is 15.4 Å². The molecule has 4 rings (SSSR count). The molecule has 3 amide bonds. The van der Waals surface area contributed by atoms with Gasteiger partial charge in [-0.1, -0.05) is 6.92 Å². The van der Waals surface area contributed by atoms with E-state index in [1.807, 2.05) is 6.92 Å². The summed E-state index contributed by atoms with van der Waals surface area (Å²) >= 11 is 0. The summed E-state index contributed by atoms with van der Waals surface area (Å²) in [5.41, 5.74) is 1.38. The van der Waals surface area contributed by atoms with Crippen LogP contribution in [0.4, 0.5) is 11.4 Å². The van der Waals surface area contributed by atoms with Crippen LogP contribution in [-0.2, 0) is 19.6 Å². The Morgan fingerprint density at radius 3 is 2.38 bits per heavy atom. The Morgan fingerprint density at radius 1 is 1.09 bits per heavy atom. The van der Waals surface area contributed by atoms with Crippen LogP contribution in [0.15, 0.2) is 47.4 Å². The first kappa shape index (κ1) is 23.7. The van der Waals surface area contributed by atoms with E-state index in [1.54, 1.807) is 35.2 Å². The highest BCUT2D eigenvalue weighted by Crippen LogP contribution is 2.33. The van der Waals surface area contributed by atoms with Gasteiger partial charge in [0.15, 0.2) is 6.10 Å². The molecule has 0 radical (unpaired) electrons. The van der Waals surface area contributed by atoms with Gasteiger partial charge < -0.3 is 20.3 Å². The smallest absolute Gasteiger partial charge is 0.265 e. The summed E-state index contributed by atoms with van der Waals surface area (Å²) in [4.78, 5) is 37.7. The third kappa shape index (κ3) is 4.75. The molecular weight excluding hydrogens is 460 g/mol. The molecule has 180 valence electrons. The number of piperazine rings is 1. The summed E-state index contributed by atoms with van der Waals surface area (Å²) in [6.45, 7) is 4.02. The number of nitrogens with zero attached hydrogens (tertiary/aromatic N) is 2. The van der Waals surface area contributed by atoms with Gasteiger partial charge in [-0.25, -0.2) is 8.42 Å². The summed E-state index contributed by atoms with van der Waals surface area (Å²) < 4.78 is 33.3. The van der Waals surface area contributed by atoms with Crippen LogP contribution >= 0.6 is 0 Å². The molecule has 11 heteroatoms. The minimum absolute atomic E-state index is 0.0541. The van der Waals surface area contributed by atoms with Gasteiger partial charge in [-0.2, -0.15) is 4.31 Å². The number of nitrogens with one attached hydrogen (secondary N) is 2. The third-order valence-electron chi connectivity index (χ3n) is 5.76. The minimum Gasteiger partial charge on any atom is -0.478 e. The highest BCUT2D eigenvalue weighted by molar-refractivity contribution is 7.89. The first-order chi connectivity index (χ1) is 16.2. The van der Waals surface area contributed by atoms with Crippen molar-refractivity contribution in [1.82, 2.24) is 9.21 Å². The van der Waals surface area contributed by atoms with Crippen molar-refractivity contribution in [2.45, 2.75) is 31.3 Å². The summed E-state index contributed by atoms with van der Waals surface area (Å²) in [7, 11) is -3.81. The molecule has 1 unspecified atom stereocenters. The normalized spacial score (nSPS) is 18.5. The second-order valence-corrected chi connectivity index (χ2v) is 10.1. The molecule has 10 nitrogen and oxygen atoms in total. The molecule has 2 aliphatic heterocycles. The third-order valence-corrected chi connectivity index (χ3v) is 7.65. The van der Waals surface area contributed by atoms with E-state index < -0.39 is 16.1 Å². The molecule has 2 aliphatic rings. The number of anilines is 2. The van der Waals surface area contributed by atoms with Crippen LogP contribution in [0.3, 0.4) is 0 Å². The van der Waals surface area contributed by atoms with Crippen LogP contribution in [0, 0.1) is 0 Å². The second kappa shape index (κ2) is 9.43.